The highest BCUT2D eigenvalue weighted by Crippen LogP contribution is 2.37. The Labute approximate surface area is 366 Å². The fourth-order valence-electron chi connectivity index (χ4n) is 8.80. The molecule has 0 amide bonds. The molecule has 0 atom stereocenters. The number of allylic oxidation sites excluding steroid dienone is 3. The SMILES string of the molecule is Cc1cc(-c2cccc(N(C3=CCCC=C3)c3ccccc3)c2)cc(C)c1-n1cc[n+](C(C)C)c1-c1ccccc1F.Cc1cccc(C)c1-n1cc[n+](C)c1-c1ccccc1. The van der Waals surface area contributed by atoms with E-state index >= 15 is 4.39 Å². The summed E-state index contributed by atoms with van der Waals surface area (Å²) in [4.78, 5) is 2.33. The Bertz CT molecular complexity index is 2850. The fraction of sp³-hybridized carbons (Fsp3) is 0.179. The molecule has 0 unspecified atom stereocenters. The molecule has 5 nitrogen and oxygen atoms in total. The summed E-state index contributed by atoms with van der Waals surface area (Å²) in [5.41, 5.74) is 14.8. The van der Waals surface area contributed by atoms with Crippen LogP contribution < -0.4 is 14.0 Å². The van der Waals surface area contributed by atoms with Gasteiger partial charge in [0.2, 0.25) is 0 Å². The van der Waals surface area contributed by atoms with E-state index in [1.165, 1.54) is 40.0 Å². The Morgan fingerprint density at radius 2 is 1.15 bits per heavy atom. The van der Waals surface area contributed by atoms with E-state index < -0.39 is 0 Å². The summed E-state index contributed by atoms with van der Waals surface area (Å²) in [5, 5.41) is 0. The topological polar surface area (TPSA) is 20.9 Å². The van der Waals surface area contributed by atoms with Crippen LogP contribution in [0.2, 0.25) is 0 Å². The van der Waals surface area contributed by atoms with Crippen molar-refractivity contribution in [3.63, 3.8) is 0 Å². The summed E-state index contributed by atoms with van der Waals surface area (Å²) < 4.78 is 23.8. The van der Waals surface area contributed by atoms with Gasteiger partial charge < -0.3 is 4.90 Å². The lowest BCUT2D eigenvalue weighted by Crippen LogP contribution is -2.37. The molecule has 2 aromatic heterocycles. The molecule has 0 bridgehead atoms. The Morgan fingerprint density at radius 3 is 1.81 bits per heavy atom. The van der Waals surface area contributed by atoms with Gasteiger partial charge in [-0.2, -0.15) is 9.13 Å². The summed E-state index contributed by atoms with van der Waals surface area (Å²) in [6, 6.07) is 48.0. The standard InChI is InChI=1S/C38H37FN3.C18H19N2/c1-27(2)40-22-23-41(38(40)35-20-11-12-21-36(35)39)37-28(3)24-31(25-29(37)4)30-14-13-19-34(26-30)42(32-15-7-5-8-16-32)33-17-9-6-10-18-33;1-14-8-7-9-15(2)17(14)20-13-12-19(3)18(20)16-10-5-4-6-11-16/h5,7-9,11-27H,6,10H2,1-4H3;4-13H,1-3H3/q2*+1. The highest BCUT2D eigenvalue weighted by Gasteiger charge is 2.28. The second-order valence-corrected chi connectivity index (χ2v) is 16.5. The van der Waals surface area contributed by atoms with Crippen LogP contribution in [0.3, 0.4) is 0 Å². The summed E-state index contributed by atoms with van der Waals surface area (Å²) >= 11 is 0. The number of rotatable bonds is 9. The zero-order valence-corrected chi connectivity index (χ0v) is 36.9. The molecule has 6 aromatic carbocycles. The third kappa shape index (κ3) is 8.46. The maximum atomic E-state index is 15.1. The van der Waals surface area contributed by atoms with Crippen molar-refractivity contribution in [2.75, 3.05) is 4.90 Å². The number of hydrogen-bond donors (Lipinski definition) is 0. The average molecular weight is 818 g/mol. The van der Waals surface area contributed by atoms with Crippen molar-refractivity contribution in [2.45, 2.75) is 60.4 Å². The molecule has 0 saturated carbocycles. The van der Waals surface area contributed by atoms with E-state index in [-0.39, 0.29) is 11.9 Å². The van der Waals surface area contributed by atoms with Gasteiger partial charge in [-0.25, -0.2) is 13.5 Å². The predicted molar refractivity (Wildman–Crippen MR) is 254 cm³/mol. The normalized spacial score (nSPS) is 12.2. The van der Waals surface area contributed by atoms with Crippen LogP contribution in [0.25, 0.3) is 45.3 Å². The first-order valence-corrected chi connectivity index (χ1v) is 21.6. The van der Waals surface area contributed by atoms with Crippen molar-refractivity contribution >= 4 is 11.4 Å². The van der Waals surface area contributed by atoms with Crippen LogP contribution in [0.15, 0.2) is 188 Å². The number of benzene rings is 6. The molecule has 6 heteroatoms. The van der Waals surface area contributed by atoms with Crippen LogP contribution in [-0.4, -0.2) is 9.13 Å². The van der Waals surface area contributed by atoms with E-state index in [1.807, 2.05) is 12.1 Å². The van der Waals surface area contributed by atoms with Gasteiger partial charge in [-0.05, 0) is 155 Å². The molecule has 9 rings (SSSR count). The molecule has 0 radical (unpaired) electrons. The van der Waals surface area contributed by atoms with Gasteiger partial charge >= 0.3 is 0 Å². The Morgan fingerprint density at radius 1 is 0.565 bits per heavy atom. The monoisotopic (exact) mass is 817 g/mol. The molecule has 310 valence electrons. The third-order valence-electron chi connectivity index (χ3n) is 11.7. The smallest absolute Gasteiger partial charge is 0.297 e. The molecule has 0 spiro atoms. The Balaban J connectivity index is 0.000000220. The van der Waals surface area contributed by atoms with Gasteiger partial charge in [-0.1, -0.05) is 91.0 Å². The second-order valence-electron chi connectivity index (χ2n) is 16.5. The molecule has 0 N–H and O–H groups in total. The van der Waals surface area contributed by atoms with Crippen molar-refractivity contribution in [3.8, 4) is 45.3 Å². The Kier molecular flexibility index (Phi) is 12.3. The van der Waals surface area contributed by atoms with Crippen LogP contribution in [0.1, 0.15) is 55.0 Å². The van der Waals surface area contributed by atoms with Crippen LogP contribution in [0, 0.1) is 33.5 Å². The Hall–Kier alpha value is -7.05. The third-order valence-corrected chi connectivity index (χ3v) is 11.7. The van der Waals surface area contributed by atoms with Crippen LogP contribution in [0.5, 0.6) is 0 Å². The minimum absolute atomic E-state index is 0.185. The molecule has 0 saturated heterocycles. The highest BCUT2D eigenvalue weighted by atomic mass is 19.1. The van der Waals surface area contributed by atoms with Gasteiger partial charge in [-0.3, -0.25) is 0 Å². The van der Waals surface area contributed by atoms with Crippen LogP contribution >= 0.6 is 0 Å². The summed E-state index contributed by atoms with van der Waals surface area (Å²) in [6.45, 7) is 12.9. The molecule has 2 heterocycles. The van der Waals surface area contributed by atoms with E-state index in [4.69, 9.17) is 0 Å². The van der Waals surface area contributed by atoms with E-state index in [0.29, 0.717) is 5.56 Å². The molecule has 8 aromatic rings. The van der Waals surface area contributed by atoms with Crippen LogP contribution in [0.4, 0.5) is 15.8 Å². The second kappa shape index (κ2) is 18.3. The molecule has 0 fully saturated rings. The number of nitrogens with zero attached hydrogens (tertiary/aromatic N) is 5. The molecule has 62 heavy (non-hydrogen) atoms. The number of hydrogen-bond acceptors (Lipinski definition) is 1. The number of para-hydroxylation sites is 2. The molecule has 1 aliphatic rings. The summed E-state index contributed by atoms with van der Waals surface area (Å²) in [6.07, 6.45) is 17.3. The number of aryl methyl sites for hydroxylation is 5. The summed E-state index contributed by atoms with van der Waals surface area (Å²) in [7, 11) is 2.09. The zero-order chi connectivity index (χ0) is 43.3. The van der Waals surface area contributed by atoms with Gasteiger partial charge in [0.1, 0.15) is 47.5 Å². The first kappa shape index (κ1) is 41.7. The first-order valence-electron chi connectivity index (χ1n) is 21.6. The van der Waals surface area contributed by atoms with Gasteiger partial charge in [0.05, 0.1) is 18.7 Å². The lowest BCUT2D eigenvalue weighted by atomic mass is 9.97. The molecule has 0 aliphatic heterocycles. The number of aromatic nitrogens is 4. The fourth-order valence-corrected chi connectivity index (χ4v) is 8.80. The largest absolute Gasteiger partial charge is 0.311 e. The van der Waals surface area contributed by atoms with Crippen molar-refractivity contribution < 1.29 is 13.5 Å². The van der Waals surface area contributed by atoms with E-state index in [0.717, 1.165) is 58.0 Å². The molecule has 1 aliphatic carbocycles. The number of halogens is 1. The quantitative estimate of drug-likeness (QED) is 0.133. The van der Waals surface area contributed by atoms with Gasteiger partial charge in [0.25, 0.3) is 11.6 Å². The first-order chi connectivity index (χ1) is 30.1. The van der Waals surface area contributed by atoms with E-state index in [9.17, 15) is 0 Å². The van der Waals surface area contributed by atoms with Crippen molar-refractivity contribution in [1.82, 2.24) is 9.13 Å². The lowest BCUT2D eigenvalue weighted by molar-refractivity contribution is -0.704. The van der Waals surface area contributed by atoms with Gasteiger partial charge in [0.15, 0.2) is 0 Å². The molecular weight excluding hydrogens is 762 g/mol. The van der Waals surface area contributed by atoms with Crippen molar-refractivity contribution in [1.29, 1.82) is 0 Å². The van der Waals surface area contributed by atoms with E-state index in [1.54, 1.807) is 6.07 Å². The number of imidazole rings is 2. The van der Waals surface area contributed by atoms with Gasteiger partial charge in [0, 0.05) is 17.1 Å². The highest BCUT2D eigenvalue weighted by molar-refractivity contribution is 5.77. The van der Waals surface area contributed by atoms with Crippen LogP contribution in [-0.2, 0) is 7.05 Å². The minimum Gasteiger partial charge on any atom is -0.311 e. The summed E-state index contributed by atoms with van der Waals surface area (Å²) in [5.74, 6) is 1.82. The van der Waals surface area contributed by atoms with Crippen molar-refractivity contribution in [2.24, 2.45) is 7.05 Å². The maximum Gasteiger partial charge on any atom is 0.297 e. The number of anilines is 2. The lowest BCUT2D eigenvalue weighted by Gasteiger charge is -2.28. The average Bonchev–Trinajstić information content (AvgIpc) is 3.89. The zero-order valence-electron chi connectivity index (χ0n) is 36.9. The minimum atomic E-state index is -0.221. The molecular formula is C56H56FN5+2. The maximum absolute atomic E-state index is 15.1. The van der Waals surface area contributed by atoms with Crippen molar-refractivity contribution in [3.05, 3.63) is 216 Å². The van der Waals surface area contributed by atoms with E-state index in [2.05, 4.69) is 230 Å². The predicted octanol–water partition coefficient (Wildman–Crippen LogP) is 13.4. The van der Waals surface area contributed by atoms with Gasteiger partial charge in [-0.15, -0.1) is 0 Å².